The van der Waals surface area contributed by atoms with Crippen molar-refractivity contribution in [2.24, 2.45) is 0 Å². The minimum Gasteiger partial charge on any atom is -0.308 e. The third-order valence-electron chi connectivity index (χ3n) is 4.34. The van der Waals surface area contributed by atoms with E-state index in [9.17, 15) is 17.8 Å². The number of amides is 2. The predicted molar refractivity (Wildman–Crippen MR) is 110 cm³/mol. The number of benzene rings is 3. The summed E-state index contributed by atoms with van der Waals surface area (Å²) in [5, 5.41) is 5.52. The summed E-state index contributed by atoms with van der Waals surface area (Å²) in [5.74, 6) is 0. The van der Waals surface area contributed by atoms with Crippen molar-refractivity contribution in [3.63, 3.8) is 0 Å². The van der Waals surface area contributed by atoms with Crippen LogP contribution in [0.15, 0.2) is 71.6 Å². The average Bonchev–Trinajstić information content (AvgIpc) is 2.63. The molecule has 3 aromatic rings. The van der Waals surface area contributed by atoms with E-state index in [0.29, 0.717) is 28.1 Å². The maximum atomic E-state index is 12.2. The highest BCUT2D eigenvalue weighted by Crippen LogP contribution is 2.31. The molecule has 0 heterocycles. The highest BCUT2D eigenvalue weighted by atomic mass is 32.2. The van der Waals surface area contributed by atoms with Gasteiger partial charge in [-0.05, 0) is 54.8 Å². The van der Waals surface area contributed by atoms with Gasteiger partial charge in [-0.1, -0.05) is 42.5 Å². The van der Waals surface area contributed by atoms with E-state index in [0.717, 1.165) is 5.56 Å². The van der Waals surface area contributed by atoms with Gasteiger partial charge in [-0.3, -0.25) is 4.55 Å². The first kappa shape index (κ1) is 19.6. The van der Waals surface area contributed by atoms with Crippen LogP contribution in [0.2, 0.25) is 0 Å². The lowest BCUT2D eigenvalue weighted by atomic mass is 10.0. The van der Waals surface area contributed by atoms with Crippen molar-refractivity contribution in [3.8, 4) is 11.1 Å². The fourth-order valence-electron chi connectivity index (χ4n) is 2.94. The third kappa shape index (κ3) is 4.39. The predicted octanol–water partition coefficient (Wildman–Crippen LogP) is 4.86. The Morgan fingerprint density at radius 2 is 1.46 bits per heavy atom. The van der Waals surface area contributed by atoms with E-state index in [1.807, 2.05) is 31.2 Å². The quantitative estimate of drug-likeness (QED) is 0.549. The molecule has 0 aromatic heterocycles. The van der Waals surface area contributed by atoms with Gasteiger partial charge in [0.1, 0.15) is 4.90 Å². The normalized spacial score (nSPS) is 11.1. The maximum Gasteiger partial charge on any atom is 0.323 e. The monoisotopic (exact) mass is 396 g/mol. The van der Waals surface area contributed by atoms with Gasteiger partial charge in [-0.25, -0.2) is 4.79 Å². The Labute approximate surface area is 164 Å². The SMILES string of the molecule is Cc1ccccc1NC(=O)Nc1ccc(-c2c(C)cccc2S(=O)(=O)O)cc1. The summed E-state index contributed by atoms with van der Waals surface area (Å²) < 4.78 is 32.9. The van der Waals surface area contributed by atoms with E-state index < -0.39 is 10.1 Å². The number of anilines is 2. The van der Waals surface area contributed by atoms with Crippen LogP contribution in [-0.2, 0) is 10.1 Å². The lowest BCUT2D eigenvalue weighted by Gasteiger charge is -2.13. The molecule has 3 N–H and O–H groups in total. The summed E-state index contributed by atoms with van der Waals surface area (Å²) in [5.41, 5.74) is 3.99. The molecule has 3 aromatic carbocycles. The van der Waals surface area contributed by atoms with Gasteiger partial charge in [0.05, 0.1) is 0 Å². The number of aryl methyl sites for hydroxylation is 2. The van der Waals surface area contributed by atoms with E-state index in [-0.39, 0.29) is 10.9 Å². The van der Waals surface area contributed by atoms with E-state index in [2.05, 4.69) is 10.6 Å². The highest BCUT2D eigenvalue weighted by Gasteiger charge is 2.18. The van der Waals surface area contributed by atoms with Crippen molar-refractivity contribution in [2.75, 3.05) is 10.6 Å². The zero-order chi connectivity index (χ0) is 20.3. The molecule has 6 nitrogen and oxygen atoms in total. The maximum absolute atomic E-state index is 12.2. The molecule has 0 bridgehead atoms. The molecule has 0 radical (unpaired) electrons. The number of carbonyl (C=O) groups is 1. The van der Waals surface area contributed by atoms with Gasteiger partial charge in [0, 0.05) is 16.9 Å². The Balaban J connectivity index is 1.82. The van der Waals surface area contributed by atoms with Crippen molar-refractivity contribution in [1.82, 2.24) is 0 Å². The largest absolute Gasteiger partial charge is 0.323 e. The Hall–Kier alpha value is -3.16. The van der Waals surface area contributed by atoms with Gasteiger partial charge in [-0.15, -0.1) is 0 Å². The zero-order valence-electron chi connectivity index (χ0n) is 15.4. The smallest absolute Gasteiger partial charge is 0.308 e. The van der Waals surface area contributed by atoms with Crippen molar-refractivity contribution in [1.29, 1.82) is 0 Å². The lowest BCUT2D eigenvalue weighted by Crippen LogP contribution is -2.19. The van der Waals surface area contributed by atoms with Gasteiger partial charge in [-0.2, -0.15) is 8.42 Å². The molecular formula is C21H20N2O4S. The molecule has 0 aliphatic heterocycles. The van der Waals surface area contributed by atoms with Crippen LogP contribution in [0.5, 0.6) is 0 Å². The first-order valence-electron chi connectivity index (χ1n) is 8.57. The molecule has 28 heavy (non-hydrogen) atoms. The number of hydrogen-bond acceptors (Lipinski definition) is 3. The van der Waals surface area contributed by atoms with Crippen molar-refractivity contribution in [2.45, 2.75) is 18.7 Å². The van der Waals surface area contributed by atoms with Crippen LogP contribution in [0.1, 0.15) is 11.1 Å². The average molecular weight is 396 g/mol. The molecule has 0 saturated carbocycles. The van der Waals surface area contributed by atoms with Crippen LogP contribution in [0.25, 0.3) is 11.1 Å². The Morgan fingerprint density at radius 1 is 0.821 bits per heavy atom. The molecule has 0 unspecified atom stereocenters. The zero-order valence-corrected chi connectivity index (χ0v) is 16.2. The molecule has 3 rings (SSSR count). The summed E-state index contributed by atoms with van der Waals surface area (Å²) in [6.07, 6.45) is 0. The first-order chi connectivity index (χ1) is 13.3. The lowest BCUT2D eigenvalue weighted by molar-refractivity contribution is 0.262. The van der Waals surface area contributed by atoms with Crippen LogP contribution in [0, 0.1) is 13.8 Å². The third-order valence-corrected chi connectivity index (χ3v) is 5.23. The van der Waals surface area contributed by atoms with Gasteiger partial charge in [0.25, 0.3) is 10.1 Å². The van der Waals surface area contributed by atoms with Gasteiger partial charge in [0.2, 0.25) is 0 Å². The fourth-order valence-corrected chi connectivity index (χ4v) is 3.73. The van der Waals surface area contributed by atoms with Crippen LogP contribution in [-0.4, -0.2) is 19.0 Å². The number of rotatable bonds is 4. The summed E-state index contributed by atoms with van der Waals surface area (Å²) in [6, 6.07) is 18.5. The minimum atomic E-state index is -4.35. The van der Waals surface area contributed by atoms with E-state index in [1.54, 1.807) is 43.3 Å². The second kappa shape index (κ2) is 7.84. The van der Waals surface area contributed by atoms with Gasteiger partial charge in [0.15, 0.2) is 0 Å². The second-order valence-electron chi connectivity index (χ2n) is 6.39. The highest BCUT2D eigenvalue weighted by molar-refractivity contribution is 7.86. The summed E-state index contributed by atoms with van der Waals surface area (Å²) in [4.78, 5) is 12.0. The molecule has 0 aliphatic carbocycles. The van der Waals surface area contributed by atoms with Crippen molar-refractivity contribution in [3.05, 3.63) is 77.9 Å². The summed E-state index contributed by atoms with van der Waals surface area (Å²) in [6.45, 7) is 3.67. The van der Waals surface area contributed by atoms with Crippen LogP contribution in [0.4, 0.5) is 16.2 Å². The molecule has 0 aliphatic rings. The first-order valence-corrected chi connectivity index (χ1v) is 10.0. The standard InChI is InChI=1S/C21H20N2O4S/c1-14-6-3-4-8-18(14)23-21(24)22-17-12-10-16(11-13-17)20-15(2)7-5-9-19(20)28(25,26)27/h3-13H,1-2H3,(H2,22,23,24)(H,25,26,27). The fraction of sp³-hybridized carbons (Fsp3) is 0.0952. The number of hydrogen-bond donors (Lipinski definition) is 3. The van der Waals surface area contributed by atoms with Gasteiger partial charge < -0.3 is 10.6 Å². The number of urea groups is 1. The molecule has 0 saturated heterocycles. The minimum absolute atomic E-state index is 0.148. The van der Waals surface area contributed by atoms with E-state index in [1.165, 1.54) is 6.07 Å². The molecule has 2 amide bonds. The van der Waals surface area contributed by atoms with E-state index >= 15 is 0 Å². The molecule has 144 valence electrons. The Morgan fingerprint density at radius 3 is 2.11 bits per heavy atom. The summed E-state index contributed by atoms with van der Waals surface area (Å²) in [7, 11) is -4.35. The van der Waals surface area contributed by atoms with Crippen LogP contribution < -0.4 is 10.6 Å². The van der Waals surface area contributed by atoms with Crippen molar-refractivity contribution >= 4 is 27.5 Å². The molecule has 0 spiro atoms. The van der Waals surface area contributed by atoms with Crippen molar-refractivity contribution < 1.29 is 17.8 Å². The Bertz CT molecular complexity index is 1120. The second-order valence-corrected chi connectivity index (χ2v) is 7.78. The Kier molecular flexibility index (Phi) is 5.48. The van der Waals surface area contributed by atoms with Gasteiger partial charge >= 0.3 is 6.03 Å². The molecule has 7 heteroatoms. The number of para-hydroxylation sites is 1. The van der Waals surface area contributed by atoms with E-state index in [4.69, 9.17) is 0 Å². The van der Waals surface area contributed by atoms with Crippen LogP contribution in [0.3, 0.4) is 0 Å². The summed E-state index contributed by atoms with van der Waals surface area (Å²) >= 11 is 0. The topological polar surface area (TPSA) is 95.5 Å². The molecular weight excluding hydrogens is 376 g/mol. The molecule has 0 fully saturated rings. The molecule has 0 atom stereocenters. The van der Waals surface area contributed by atoms with Crippen LogP contribution >= 0.6 is 0 Å². The number of nitrogens with one attached hydrogen (secondary N) is 2. The number of carbonyl (C=O) groups excluding carboxylic acids is 1.